The number of hydrogen-bond donors (Lipinski definition) is 2. The summed E-state index contributed by atoms with van der Waals surface area (Å²) in [6.45, 7) is 3.98. The van der Waals surface area contributed by atoms with Gasteiger partial charge in [-0.1, -0.05) is 6.92 Å². The van der Waals surface area contributed by atoms with Gasteiger partial charge in [0.2, 0.25) is 10.0 Å². The van der Waals surface area contributed by atoms with Gasteiger partial charge >= 0.3 is 0 Å². The lowest BCUT2D eigenvalue weighted by Crippen LogP contribution is -2.58. The Morgan fingerprint density at radius 3 is 2.90 bits per heavy atom. The maximum atomic E-state index is 12.9. The molecule has 1 fully saturated rings. The summed E-state index contributed by atoms with van der Waals surface area (Å²) in [5, 5.41) is 3.78. The molecule has 1 saturated heterocycles. The van der Waals surface area contributed by atoms with E-state index in [1.165, 1.54) is 0 Å². The minimum atomic E-state index is -3.48. The van der Waals surface area contributed by atoms with Crippen molar-refractivity contribution in [1.82, 2.24) is 19.6 Å². The summed E-state index contributed by atoms with van der Waals surface area (Å²) in [5.41, 5.74) is 0.606. The Morgan fingerprint density at radius 1 is 1.45 bits per heavy atom. The first-order chi connectivity index (χ1) is 9.64. The molecule has 0 saturated carbocycles. The van der Waals surface area contributed by atoms with E-state index in [9.17, 15) is 8.42 Å². The summed E-state index contributed by atoms with van der Waals surface area (Å²) in [5.74, 6) is 0. The van der Waals surface area contributed by atoms with Crippen LogP contribution in [0.3, 0.4) is 0 Å². The van der Waals surface area contributed by atoms with Crippen molar-refractivity contribution in [1.29, 1.82) is 0 Å². The second kappa shape index (κ2) is 5.16. The smallest absolute Gasteiger partial charge is 0.245 e. The molecule has 0 unspecified atom stereocenters. The minimum absolute atomic E-state index is 0.0570. The number of sulfonamides is 1. The Bertz CT molecular complexity index is 706. The summed E-state index contributed by atoms with van der Waals surface area (Å²) >= 11 is 0. The van der Waals surface area contributed by atoms with Crippen LogP contribution in [0.15, 0.2) is 29.4 Å². The second-order valence-electron chi connectivity index (χ2n) is 4.98. The third-order valence-electron chi connectivity index (χ3n) is 3.61. The van der Waals surface area contributed by atoms with Gasteiger partial charge < -0.3 is 10.3 Å². The lowest BCUT2D eigenvalue weighted by atomic mass is 10.2. The van der Waals surface area contributed by atoms with Gasteiger partial charge in [-0.05, 0) is 18.6 Å². The molecule has 20 heavy (non-hydrogen) atoms. The standard InChI is InChI=1S/C13H18N4O2S/c1-2-6-17(10-7-14-8-10)20(18,19)12-9-16-13-11(12)4-3-5-15-13/h3-5,9-10,14H,2,6-8H2,1H3,(H,15,16). The van der Waals surface area contributed by atoms with Gasteiger partial charge in [0, 0.05) is 37.4 Å². The summed E-state index contributed by atoms with van der Waals surface area (Å²) in [4.78, 5) is 7.40. The summed E-state index contributed by atoms with van der Waals surface area (Å²) < 4.78 is 27.4. The van der Waals surface area contributed by atoms with Crippen molar-refractivity contribution in [2.75, 3.05) is 19.6 Å². The van der Waals surface area contributed by atoms with Crippen LogP contribution in [-0.2, 0) is 10.0 Å². The van der Waals surface area contributed by atoms with Crippen LogP contribution in [0.25, 0.3) is 11.0 Å². The molecule has 0 radical (unpaired) electrons. The van der Waals surface area contributed by atoms with Gasteiger partial charge in [0.25, 0.3) is 0 Å². The summed E-state index contributed by atoms with van der Waals surface area (Å²) in [7, 11) is -3.48. The highest BCUT2D eigenvalue weighted by molar-refractivity contribution is 7.89. The number of pyridine rings is 1. The van der Waals surface area contributed by atoms with Gasteiger partial charge in [-0.15, -0.1) is 0 Å². The molecule has 2 aromatic heterocycles. The molecular weight excluding hydrogens is 276 g/mol. The molecule has 2 aromatic rings. The van der Waals surface area contributed by atoms with Crippen LogP contribution in [0, 0.1) is 0 Å². The lowest BCUT2D eigenvalue weighted by molar-refractivity contribution is 0.242. The normalized spacial score (nSPS) is 16.7. The number of hydrogen-bond acceptors (Lipinski definition) is 4. The molecular formula is C13H18N4O2S. The van der Waals surface area contributed by atoms with Gasteiger partial charge in [-0.3, -0.25) is 0 Å². The van der Waals surface area contributed by atoms with Crippen LogP contribution >= 0.6 is 0 Å². The highest BCUT2D eigenvalue weighted by Crippen LogP contribution is 2.26. The van der Waals surface area contributed by atoms with Crippen molar-refractivity contribution in [3.05, 3.63) is 24.5 Å². The van der Waals surface area contributed by atoms with E-state index in [1.807, 2.05) is 6.92 Å². The maximum absolute atomic E-state index is 12.9. The van der Waals surface area contributed by atoms with Crippen molar-refractivity contribution in [2.45, 2.75) is 24.3 Å². The van der Waals surface area contributed by atoms with Gasteiger partial charge in [0.15, 0.2) is 0 Å². The predicted molar refractivity (Wildman–Crippen MR) is 76.9 cm³/mol. The number of H-pyrrole nitrogens is 1. The number of rotatable bonds is 5. The monoisotopic (exact) mass is 294 g/mol. The molecule has 7 heteroatoms. The van der Waals surface area contributed by atoms with E-state index >= 15 is 0 Å². The van der Waals surface area contributed by atoms with Gasteiger partial charge in [-0.25, -0.2) is 13.4 Å². The van der Waals surface area contributed by atoms with Crippen LogP contribution in [0.5, 0.6) is 0 Å². The van der Waals surface area contributed by atoms with Crippen molar-refractivity contribution in [2.24, 2.45) is 0 Å². The summed E-state index contributed by atoms with van der Waals surface area (Å²) in [6, 6.07) is 3.60. The van der Waals surface area contributed by atoms with Crippen molar-refractivity contribution in [3.63, 3.8) is 0 Å². The molecule has 0 bridgehead atoms. The minimum Gasteiger partial charge on any atom is -0.345 e. The van der Waals surface area contributed by atoms with Gasteiger partial charge in [0.1, 0.15) is 10.5 Å². The van der Waals surface area contributed by atoms with E-state index in [1.54, 1.807) is 28.8 Å². The number of nitrogens with zero attached hydrogens (tertiary/aromatic N) is 2. The number of nitrogens with one attached hydrogen (secondary N) is 2. The van der Waals surface area contributed by atoms with Crippen molar-refractivity contribution >= 4 is 21.1 Å². The predicted octanol–water partition coefficient (Wildman–Crippen LogP) is 0.935. The fraction of sp³-hybridized carbons (Fsp3) is 0.462. The van der Waals surface area contributed by atoms with E-state index in [2.05, 4.69) is 15.3 Å². The first-order valence-corrected chi connectivity index (χ1v) is 8.23. The Kier molecular flexibility index (Phi) is 3.49. The zero-order valence-corrected chi connectivity index (χ0v) is 12.2. The molecule has 3 rings (SSSR count). The Morgan fingerprint density at radius 2 is 2.25 bits per heavy atom. The van der Waals surface area contributed by atoms with E-state index in [0.717, 1.165) is 19.5 Å². The van der Waals surface area contributed by atoms with Crippen molar-refractivity contribution < 1.29 is 8.42 Å². The number of fused-ring (bicyclic) bond motifs is 1. The second-order valence-corrected chi connectivity index (χ2v) is 6.84. The Labute approximate surface area is 118 Å². The molecule has 0 spiro atoms. The highest BCUT2D eigenvalue weighted by Gasteiger charge is 2.35. The molecule has 0 amide bonds. The fourth-order valence-corrected chi connectivity index (χ4v) is 4.33. The average molecular weight is 294 g/mol. The fourth-order valence-electron chi connectivity index (χ4n) is 2.47. The molecule has 0 aliphatic carbocycles. The molecule has 3 heterocycles. The molecule has 108 valence electrons. The number of aromatic nitrogens is 2. The van der Waals surface area contributed by atoms with E-state index < -0.39 is 10.0 Å². The molecule has 1 aliphatic rings. The van der Waals surface area contributed by atoms with Crippen LogP contribution in [-0.4, -0.2) is 48.4 Å². The van der Waals surface area contributed by atoms with Crippen LogP contribution in [0.4, 0.5) is 0 Å². The quantitative estimate of drug-likeness (QED) is 0.860. The zero-order valence-electron chi connectivity index (χ0n) is 11.3. The SMILES string of the molecule is CCCN(C1CNC1)S(=O)(=O)c1c[nH]c2ncccc12. The zero-order chi connectivity index (χ0) is 14.2. The van der Waals surface area contributed by atoms with E-state index in [0.29, 0.717) is 22.5 Å². The Balaban J connectivity index is 2.05. The first-order valence-electron chi connectivity index (χ1n) is 6.79. The molecule has 6 nitrogen and oxygen atoms in total. The molecule has 0 atom stereocenters. The van der Waals surface area contributed by atoms with E-state index in [-0.39, 0.29) is 6.04 Å². The van der Waals surface area contributed by atoms with Crippen LogP contribution < -0.4 is 5.32 Å². The maximum Gasteiger partial charge on any atom is 0.245 e. The largest absolute Gasteiger partial charge is 0.345 e. The highest BCUT2D eigenvalue weighted by atomic mass is 32.2. The first kappa shape index (κ1) is 13.5. The third kappa shape index (κ3) is 2.11. The Hall–Kier alpha value is -1.44. The third-order valence-corrected chi connectivity index (χ3v) is 5.60. The number of aromatic amines is 1. The van der Waals surface area contributed by atoms with Gasteiger partial charge in [0.05, 0.1) is 6.04 Å². The average Bonchev–Trinajstić information content (AvgIpc) is 2.80. The topological polar surface area (TPSA) is 78.1 Å². The molecule has 2 N–H and O–H groups in total. The van der Waals surface area contributed by atoms with E-state index in [4.69, 9.17) is 0 Å². The van der Waals surface area contributed by atoms with Crippen molar-refractivity contribution in [3.8, 4) is 0 Å². The van der Waals surface area contributed by atoms with Crippen LogP contribution in [0.1, 0.15) is 13.3 Å². The van der Waals surface area contributed by atoms with Crippen LogP contribution in [0.2, 0.25) is 0 Å². The summed E-state index contributed by atoms with van der Waals surface area (Å²) in [6.07, 6.45) is 3.99. The molecule has 0 aromatic carbocycles. The van der Waals surface area contributed by atoms with Gasteiger partial charge in [-0.2, -0.15) is 4.31 Å². The lowest BCUT2D eigenvalue weighted by Gasteiger charge is -2.37. The molecule has 1 aliphatic heterocycles.